The largest absolute Gasteiger partial charge is 0.480 e. The maximum absolute atomic E-state index is 10.7. The minimum Gasteiger partial charge on any atom is -0.480 e. The highest BCUT2D eigenvalue weighted by Gasteiger charge is 2.14. The summed E-state index contributed by atoms with van der Waals surface area (Å²) in [6, 6.07) is 3.27. The molecule has 0 fully saturated rings. The van der Waals surface area contributed by atoms with Gasteiger partial charge < -0.3 is 9.84 Å². The molecule has 0 bridgehead atoms. The lowest BCUT2D eigenvalue weighted by molar-refractivity contribution is -0.139. The molecule has 0 aliphatic carbocycles. The Kier molecular flexibility index (Phi) is 6.16. The zero-order valence-electron chi connectivity index (χ0n) is 13.4. The number of fused-ring (bicyclic) bond motifs is 1. The Morgan fingerprint density at radius 2 is 2.13 bits per heavy atom. The van der Waals surface area contributed by atoms with E-state index < -0.39 is 12.6 Å². The molecule has 1 aromatic heterocycles. The van der Waals surface area contributed by atoms with Crippen LogP contribution in [-0.4, -0.2) is 27.7 Å². The second-order valence-corrected chi connectivity index (χ2v) is 6.02. The summed E-state index contributed by atoms with van der Waals surface area (Å²) >= 11 is 6.15. The maximum Gasteiger partial charge on any atom is 0.341 e. The zero-order chi connectivity index (χ0) is 16.8. The minimum atomic E-state index is -1.04. The van der Waals surface area contributed by atoms with Crippen molar-refractivity contribution in [3.8, 4) is 5.75 Å². The summed E-state index contributed by atoms with van der Waals surface area (Å²) in [7, 11) is 0. The van der Waals surface area contributed by atoms with E-state index in [9.17, 15) is 4.79 Å². The van der Waals surface area contributed by atoms with Gasteiger partial charge in [0.1, 0.15) is 16.8 Å². The number of aromatic nitrogens is 2. The van der Waals surface area contributed by atoms with E-state index in [1.807, 2.05) is 0 Å². The average molecular weight is 337 g/mol. The van der Waals surface area contributed by atoms with Gasteiger partial charge in [-0.3, -0.25) is 4.98 Å². The topological polar surface area (TPSA) is 72.3 Å². The predicted molar refractivity (Wildman–Crippen MR) is 90.2 cm³/mol. The average Bonchev–Trinajstić information content (AvgIpc) is 2.54. The lowest BCUT2D eigenvalue weighted by atomic mass is 10.00. The summed E-state index contributed by atoms with van der Waals surface area (Å²) in [6.45, 7) is 3.87. The number of benzene rings is 1. The van der Waals surface area contributed by atoms with E-state index in [1.54, 1.807) is 18.3 Å². The van der Waals surface area contributed by atoms with Gasteiger partial charge in [0.05, 0.1) is 10.7 Å². The Balaban J connectivity index is 2.31. The molecule has 0 aliphatic rings. The molecule has 0 radical (unpaired) electrons. The van der Waals surface area contributed by atoms with Crippen molar-refractivity contribution in [2.45, 2.75) is 45.4 Å². The Morgan fingerprint density at radius 3 is 2.83 bits per heavy atom. The van der Waals surface area contributed by atoms with Gasteiger partial charge in [0.2, 0.25) is 0 Å². The van der Waals surface area contributed by atoms with Crippen LogP contribution in [0.4, 0.5) is 0 Å². The van der Waals surface area contributed by atoms with Gasteiger partial charge in [0.15, 0.2) is 6.61 Å². The molecule has 1 unspecified atom stereocenters. The number of halogens is 1. The molecular formula is C17H21ClN2O3. The van der Waals surface area contributed by atoms with Crippen LogP contribution < -0.4 is 4.74 Å². The summed E-state index contributed by atoms with van der Waals surface area (Å²) in [5.74, 6) is -0.364. The molecule has 0 spiro atoms. The number of aliphatic carboxylic acids is 1. The van der Waals surface area contributed by atoms with E-state index >= 15 is 0 Å². The number of hydrogen-bond acceptors (Lipinski definition) is 4. The molecule has 5 nitrogen and oxygen atoms in total. The lowest BCUT2D eigenvalue weighted by Gasteiger charge is -2.13. The fourth-order valence-corrected chi connectivity index (χ4v) is 2.60. The molecular weight excluding hydrogens is 316 g/mol. The van der Waals surface area contributed by atoms with E-state index in [0.717, 1.165) is 18.5 Å². The van der Waals surface area contributed by atoms with Gasteiger partial charge in [-0.2, -0.15) is 0 Å². The number of ether oxygens (including phenoxy) is 1. The van der Waals surface area contributed by atoms with Crippen LogP contribution in [0.25, 0.3) is 11.0 Å². The van der Waals surface area contributed by atoms with Gasteiger partial charge in [-0.05, 0) is 24.5 Å². The summed E-state index contributed by atoms with van der Waals surface area (Å²) in [5.41, 5.74) is 1.91. The standard InChI is InChI=1S/C17H21ClN2O3/c1-3-4-5-6-11(2)13-9-19-16-12(18)7-8-14(17(16)20-13)23-10-15(21)22/h7-9,11H,3-6,10H2,1-2H3,(H,21,22). The molecule has 1 atom stereocenters. The van der Waals surface area contributed by atoms with E-state index in [1.165, 1.54) is 12.8 Å². The maximum atomic E-state index is 10.7. The Labute approximate surface area is 140 Å². The van der Waals surface area contributed by atoms with Gasteiger partial charge in [-0.25, -0.2) is 9.78 Å². The van der Waals surface area contributed by atoms with Crippen LogP contribution in [0.1, 0.15) is 51.1 Å². The van der Waals surface area contributed by atoms with Gasteiger partial charge in [-0.1, -0.05) is 44.7 Å². The molecule has 1 N–H and O–H groups in total. The second kappa shape index (κ2) is 8.11. The molecule has 124 valence electrons. The number of hydrogen-bond donors (Lipinski definition) is 1. The summed E-state index contributed by atoms with van der Waals surface area (Å²) in [6.07, 6.45) is 6.31. The SMILES string of the molecule is CCCCCC(C)c1cnc2c(Cl)ccc(OCC(=O)O)c2n1. The number of rotatable bonds is 8. The Morgan fingerprint density at radius 1 is 1.35 bits per heavy atom. The van der Waals surface area contributed by atoms with Crippen molar-refractivity contribution >= 4 is 28.6 Å². The zero-order valence-corrected chi connectivity index (χ0v) is 14.1. The van der Waals surface area contributed by atoms with Crippen LogP contribution in [0, 0.1) is 0 Å². The molecule has 0 saturated heterocycles. The Hall–Kier alpha value is -1.88. The van der Waals surface area contributed by atoms with Gasteiger partial charge >= 0.3 is 5.97 Å². The van der Waals surface area contributed by atoms with Crippen molar-refractivity contribution in [3.63, 3.8) is 0 Å². The fraction of sp³-hybridized carbons (Fsp3) is 0.471. The molecule has 1 heterocycles. The highest BCUT2D eigenvalue weighted by atomic mass is 35.5. The minimum absolute atomic E-state index is 0.282. The summed E-state index contributed by atoms with van der Waals surface area (Å²) in [5, 5.41) is 9.25. The van der Waals surface area contributed by atoms with Crippen LogP contribution in [-0.2, 0) is 4.79 Å². The summed E-state index contributed by atoms with van der Waals surface area (Å²) in [4.78, 5) is 19.7. The van der Waals surface area contributed by atoms with Crippen LogP contribution >= 0.6 is 11.6 Å². The number of nitrogens with zero attached hydrogens (tertiary/aromatic N) is 2. The molecule has 2 rings (SSSR count). The second-order valence-electron chi connectivity index (χ2n) is 5.62. The van der Waals surface area contributed by atoms with Crippen molar-refractivity contribution in [2.24, 2.45) is 0 Å². The van der Waals surface area contributed by atoms with Crippen LogP contribution in [0.3, 0.4) is 0 Å². The number of carboxylic acid groups (broad SMARTS) is 1. The van der Waals surface area contributed by atoms with Crippen molar-refractivity contribution in [3.05, 3.63) is 29.0 Å². The van der Waals surface area contributed by atoms with Crippen molar-refractivity contribution in [1.29, 1.82) is 0 Å². The molecule has 2 aromatic rings. The highest BCUT2D eigenvalue weighted by Crippen LogP contribution is 2.30. The first-order valence-electron chi connectivity index (χ1n) is 7.82. The van der Waals surface area contributed by atoms with Crippen molar-refractivity contribution in [1.82, 2.24) is 9.97 Å². The first-order valence-corrected chi connectivity index (χ1v) is 8.20. The first-order chi connectivity index (χ1) is 11.0. The van der Waals surface area contributed by atoms with E-state index in [0.29, 0.717) is 21.8 Å². The van der Waals surface area contributed by atoms with Gasteiger partial charge in [-0.15, -0.1) is 0 Å². The number of carbonyl (C=O) groups is 1. The lowest BCUT2D eigenvalue weighted by Crippen LogP contribution is -2.10. The third-order valence-corrected chi connectivity index (χ3v) is 4.03. The van der Waals surface area contributed by atoms with Crippen LogP contribution in [0.5, 0.6) is 5.75 Å². The number of unbranched alkanes of at least 4 members (excludes halogenated alkanes) is 2. The third kappa shape index (κ3) is 4.55. The number of carboxylic acids is 1. The van der Waals surface area contributed by atoms with Crippen molar-refractivity contribution < 1.29 is 14.6 Å². The van der Waals surface area contributed by atoms with E-state index in [-0.39, 0.29) is 5.92 Å². The first kappa shape index (κ1) is 17.5. The predicted octanol–water partition coefficient (Wildman–Crippen LogP) is 4.43. The molecule has 0 saturated carbocycles. The van der Waals surface area contributed by atoms with E-state index in [4.69, 9.17) is 21.4 Å². The fourth-order valence-electron chi connectivity index (χ4n) is 2.40. The molecule has 0 amide bonds. The van der Waals surface area contributed by atoms with Gasteiger partial charge in [0, 0.05) is 6.20 Å². The Bertz CT molecular complexity index is 691. The quantitative estimate of drug-likeness (QED) is 0.722. The van der Waals surface area contributed by atoms with Gasteiger partial charge in [0.25, 0.3) is 0 Å². The molecule has 23 heavy (non-hydrogen) atoms. The third-order valence-electron chi connectivity index (χ3n) is 3.73. The monoisotopic (exact) mass is 336 g/mol. The van der Waals surface area contributed by atoms with Crippen LogP contribution in [0.15, 0.2) is 18.3 Å². The highest BCUT2D eigenvalue weighted by molar-refractivity contribution is 6.35. The van der Waals surface area contributed by atoms with E-state index in [2.05, 4.69) is 23.8 Å². The smallest absolute Gasteiger partial charge is 0.341 e. The van der Waals surface area contributed by atoms with Crippen LogP contribution in [0.2, 0.25) is 5.02 Å². The normalized spacial score (nSPS) is 12.3. The van der Waals surface area contributed by atoms with Crippen molar-refractivity contribution in [2.75, 3.05) is 6.61 Å². The molecule has 0 aliphatic heterocycles. The molecule has 6 heteroatoms. The molecule has 1 aromatic carbocycles. The summed E-state index contributed by atoms with van der Waals surface area (Å²) < 4.78 is 5.31.